The van der Waals surface area contributed by atoms with E-state index in [-0.39, 0.29) is 17.1 Å². The van der Waals surface area contributed by atoms with Gasteiger partial charge in [-0.2, -0.15) is 5.09 Å². The molecule has 4 N–H and O–H groups in total. The number of para-hydroxylation sites is 1. The van der Waals surface area contributed by atoms with Crippen LogP contribution in [0.3, 0.4) is 0 Å². The number of aromatic nitrogens is 3. The number of amides is 1. The molecule has 1 fully saturated rings. The van der Waals surface area contributed by atoms with Crippen molar-refractivity contribution in [2.45, 2.75) is 44.5 Å². The zero-order chi connectivity index (χ0) is 29.7. The van der Waals surface area contributed by atoms with Crippen molar-refractivity contribution in [2.75, 3.05) is 11.9 Å². The third-order valence-corrected chi connectivity index (χ3v) is 7.53. The first-order chi connectivity index (χ1) is 19.5. The molecule has 1 saturated heterocycles. The zero-order valence-electron chi connectivity index (χ0n) is 21.8. The van der Waals surface area contributed by atoms with Gasteiger partial charge in [0.05, 0.1) is 6.61 Å². The molecule has 218 valence electrons. The molecule has 1 amide bonds. The maximum atomic E-state index is 15.1. The van der Waals surface area contributed by atoms with Crippen molar-refractivity contribution in [2.24, 2.45) is 0 Å². The molecule has 1 aliphatic heterocycles. The fourth-order valence-electron chi connectivity index (χ4n) is 3.79. The van der Waals surface area contributed by atoms with E-state index in [1.807, 2.05) is 0 Å². The standard InChI is InChI=1S/C25H27FN5O9P/c1-14(25(35)36)30-41(37,40-17-6-4-3-5-7-17)38-13-19-22(33)21(26)24(39-19)31-11-9-16(12-20(31)32)29-23(34)18-8-10-27-15(2)28-18/h3-12,14,19,21-22,24,33H,13H2,1-2H3,(H,29,34)(H,30,37)(H,35,36)/t14?,19-,21-,22-,24-,41+/m1/s1. The zero-order valence-corrected chi connectivity index (χ0v) is 22.7. The Balaban J connectivity index is 1.45. The molecule has 0 radical (unpaired) electrons. The molecule has 0 bridgehead atoms. The Kier molecular flexibility index (Phi) is 9.25. The number of halogens is 1. The number of anilines is 1. The Morgan fingerprint density at radius 3 is 2.63 bits per heavy atom. The topological polar surface area (TPSA) is 191 Å². The number of hydrogen-bond donors (Lipinski definition) is 4. The van der Waals surface area contributed by atoms with E-state index in [0.29, 0.717) is 5.82 Å². The highest BCUT2D eigenvalue weighted by atomic mass is 31.2. The molecule has 16 heteroatoms. The van der Waals surface area contributed by atoms with E-state index in [0.717, 1.165) is 10.6 Å². The van der Waals surface area contributed by atoms with Gasteiger partial charge in [0, 0.05) is 24.1 Å². The molecule has 1 aliphatic rings. The summed E-state index contributed by atoms with van der Waals surface area (Å²) in [6.07, 6.45) is -4.29. The Hall–Kier alpha value is -4.01. The second-order valence-corrected chi connectivity index (χ2v) is 10.7. The molecule has 41 heavy (non-hydrogen) atoms. The van der Waals surface area contributed by atoms with Crippen LogP contribution in [0.1, 0.15) is 29.5 Å². The van der Waals surface area contributed by atoms with E-state index in [1.54, 1.807) is 25.1 Å². The summed E-state index contributed by atoms with van der Waals surface area (Å²) >= 11 is 0. The predicted octanol–water partition coefficient (Wildman–Crippen LogP) is 2.06. The molecule has 0 aliphatic carbocycles. The third-order valence-electron chi connectivity index (χ3n) is 5.88. The summed E-state index contributed by atoms with van der Waals surface area (Å²) in [7, 11) is -4.36. The van der Waals surface area contributed by atoms with Gasteiger partial charge in [-0.3, -0.25) is 23.5 Å². The van der Waals surface area contributed by atoms with E-state index < -0.39 is 62.4 Å². The number of pyridine rings is 1. The molecule has 2 aromatic heterocycles. The summed E-state index contributed by atoms with van der Waals surface area (Å²) in [6.45, 7) is 2.15. The van der Waals surface area contributed by atoms with Gasteiger partial charge in [-0.25, -0.2) is 18.9 Å². The number of carboxylic acid groups (broad SMARTS) is 1. The minimum atomic E-state index is -4.36. The summed E-state index contributed by atoms with van der Waals surface area (Å²) < 4.78 is 45.6. The summed E-state index contributed by atoms with van der Waals surface area (Å²) in [5.41, 5.74) is -0.562. The molecule has 3 aromatic rings. The smallest absolute Gasteiger partial charge is 0.459 e. The number of benzene rings is 1. The van der Waals surface area contributed by atoms with Crippen LogP contribution in [0.5, 0.6) is 5.75 Å². The predicted molar refractivity (Wildman–Crippen MR) is 141 cm³/mol. The van der Waals surface area contributed by atoms with Crippen LogP contribution in [0.15, 0.2) is 65.7 Å². The van der Waals surface area contributed by atoms with Crippen LogP contribution in [0.2, 0.25) is 0 Å². The molecule has 14 nitrogen and oxygen atoms in total. The highest BCUT2D eigenvalue weighted by Gasteiger charge is 2.47. The Morgan fingerprint density at radius 2 is 1.98 bits per heavy atom. The molecule has 4 rings (SSSR count). The monoisotopic (exact) mass is 591 g/mol. The van der Waals surface area contributed by atoms with Crippen LogP contribution in [-0.4, -0.2) is 67.7 Å². The molecule has 6 atom stereocenters. The summed E-state index contributed by atoms with van der Waals surface area (Å²) in [4.78, 5) is 44.4. The SMILES string of the molecule is Cc1nccc(C(=O)Nc2ccn([C@@H]3O[C@H](CO[P@@](=O)(NC(C)C(=O)O)Oc4ccccc4)[C@@H](O)[C@H]3F)c(=O)c2)n1. The summed E-state index contributed by atoms with van der Waals surface area (Å²) in [6, 6.07) is 10.2. The van der Waals surface area contributed by atoms with Crippen molar-refractivity contribution >= 4 is 25.3 Å². The summed E-state index contributed by atoms with van der Waals surface area (Å²) in [5.74, 6) is -1.44. The van der Waals surface area contributed by atoms with E-state index >= 15 is 4.39 Å². The molecular formula is C25H27FN5O9P. The van der Waals surface area contributed by atoms with Crippen molar-refractivity contribution in [3.05, 3.63) is 82.8 Å². The van der Waals surface area contributed by atoms with Crippen LogP contribution in [0.25, 0.3) is 0 Å². The maximum Gasteiger partial charge on any atom is 0.459 e. The van der Waals surface area contributed by atoms with E-state index in [1.165, 1.54) is 43.6 Å². The van der Waals surface area contributed by atoms with Crippen LogP contribution in [-0.2, 0) is 18.6 Å². The molecular weight excluding hydrogens is 564 g/mol. The van der Waals surface area contributed by atoms with E-state index in [2.05, 4.69) is 20.4 Å². The lowest BCUT2D eigenvalue weighted by atomic mass is 10.1. The normalized spacial score (nSPS) is 22.4. The minimum Gasteiger partial charge on any atom is -0.480 e. The Bertz CT molecular complexity index is 1510. The molecule has 0 spiro atoms. The lowest BCUT2D eigenvalue weighted by Crippen LogP contribution is -2.36. The number of aliphatic hydroxyl groups is 1. The Morgan fingerprint density at radius 1 is 1.24 bits per heavy atom. The van der Waals surface area contributed by atoms with Crippen LogP contribution < -0.4 is 20.5 Å². The van der Waals surface area contributed by atoms with Crippen molar-refractivity contribution in [3.63, 3.8) is 0 Å². The largest absolute Gasteiger partial charge is 0.480 e. The first-order valence-electron chi connectivity index (χ1n) is 12.3. The van der Waals surface area contributed by atoms with Gasteiger partial charge in [0.1, 0.15) is 35.5 Å². The van der Waals surface area contributed by atoms with Crippen molar-refractivity contribution < 1.29 is 42.5 Å². The average molecular weight is 591 g/mol. The van der Waals surface area contributed by atoms with Gasteiger partial charge in [0.15, 0.2) is 12.4 Å². The Labute approximate surface area is 232 Å². The maximum absolute atomic E-state index is 15.1. The lowest BCUT2D eigenvalue weighted by molar-refractivity contribution is -0.138. The number of aliphatic hydroxyl groups excluding tert-OH is 1. The van der Waals surface area contributed by atoms with Crippen LogP contribution in [0.4, 0.5) is 10.1 Å². The van der Waals surface area contributed by atoms with Gasteiger partial charge in [-0.05, 0) is 38.1 Å². The van der Waals surface area contributed by atoms with Gasteiger partial charge in [-0.15, -0.1) is 0 Å². The first kappa shape index (κ1) is 30.0. The van der Waals surface area contributed by atoms with E-state index in [4.69, 9.17) is 13.8 Å². The number of aliphatic carboxylic acids is 1. The number of nitrogens with one attached hydrogen (secondary N) is 2. The van der Waals surface area contributed by atoms with Crippen molar-refractivity contribution in [1.82, 2.24) is 19.6 Å². The van der Waals surface area contributed by atoms with Gasteiger partial charge in [0.25, 0.3) is 11.5 Å². The number of hydrogen-bond acceptors (Lipinski definition) is 10. The number of rotatable bonds is 11. The second-order valence-electron chi connectivity index (χ2n) is 8.99. The number of alkyl halides is 1. The highest BCUT2D eigenvalue weighted by Crippen LogP contribution is 2.46. The molecule has 0 saturated carbocycles. The first-order valence-corrected chi connectivity index (χ1v) is 13.8. The number of carboxylic acids is 1. The number of ether oxygens (including phenoxy) is 1. The molecule has 3 heterocycles. The highest BCUT2D eigenvalue weighted by molar-refractivity contribution is 7.52. The third kappa shape index (κ3) is 7.39. The van der Waals surface area contributed by atoms with Crippen LogP contribution >= 0.6 is 7.75 Å². The second kappa shape index (κ2) is 12.7. The van der Waals surface area contributed by atoms with Crippen molar-refractivity contribution in [1.29, 1.82) is 0 Å². The number of nitrogens with zero attached hydrogens (tertiary/aromatic N) is 3. The minimum absolute atomic E-state index is 0.0800. The van der Waals surface area contributed by atoms with Gasteiger partial charge in [0.2, 0.25) is 0 Å². The van der Waals surface area contributed by atoms with Gasteiger partial charge < -0.3 is 24.8 Å². The number of carbonyl (C=O) groups excluding carboxylic acids is 1. The van der Waals surface area contributed by atoms with Gasteiger partial charge in [-0.1, -0.05) is 18.2 Å². The molecule has 1 aromatic carbocycles. The molecule has 1 unspecified atom stereocenters. The number of aryl methyl sites for hydroxylation is 1. The van der Waals surface area contributed by atoms with Crippen LogP contribution in [0, 0.1) is 6.92 Å². The lowest BCUT2D eigenvalue weighted by Gasteiger charge is -2.24. The number of carbonyl (C=O) groups is 2. The quantitative estimate of drug-likeness (QED) is 0.238. The average Bonchev–Trinajstić information content (AvgIpc) is 3.21. The summed E-state index contributed by atoms with van der Waals surface area (Å²) in [5, 5.41) is 24.4. The van der Waals surface area contributed by atoms with Gasteiger partial charge >= 0.3 is 13.7 Å². The fraction of sp³-hybridized carbons (Fsp3) is 0.320. The van der Waals surface area contributed by atoms with Crippen molar-refractivity contribution in [3.8, 4) is 5.75 Å². The fourth-order valence-corrected chi connectivity index (χ4v) is 5.30. The van der Waals surface area contributed by atoms with E-state index in [9.17, 15) is 29.2 Å².